The molecular weight excluding hydrogens is 344 g/mol. The lowest BCUT2D eigenvalue weighted by Crippen LogP contribution is -2.33. The lowest BCUT2D eigenvalue weighted by Gasteiger charge is -2.30. The molecule has 1 fully saturated rings. The van der Waals surface area contributed by atoms with Gasteiger partial charge in [0.25, 0.3) is 0 Å². The molecule has 0 saturated carbocycles. The van der Waals surface area contributed by atoms with Gasteiger partial charge in [-0.2, -0.15) is 0 Å². The molecule has 0 bridgehead atoms. The van der Waals surface area contributed by atoms with Gasteiger partial charge in [0.05, 0.1) is 7.11 Å². The van der Waals surface area contributed by atoms with Gasteiger partial charge >= 0.3 is 5.97 Å². The topological polar surface area (TPSA) is 55.6 Å². The summed E-state index contributed by atoms with van der Waals surface area (Å²) in [5, 5.41) is 0.546. The molecule has 5 heteroatoms. The summed E-state index contributed by atoms with van der Waals surface area (Å²) in [7, 11) is 1.41. The summed E-state index contributed by atoms with van der Waals surface area (Å²) in [5.74, 6) is 0.358. The van der Waals surface area contributed by atoms with Crippen molar-refractivity contribution in [3.8, 4) is 11.1 Å². The first-order valence-corrected chi connectivity index (χ1v) is 10.0. The predicted molar refractivity (Wildman–Crippen MR) is 109 cm³/mol. The monoisotopic (exact) mass is 372 g/mol. The van der Waals surface area contributed by atoms with Gasteiger partial charge in [0.1, 0.15) is 10.6 Å². The van der Waals surface area contributed by atoms with E-state index in [4.69, 9.17) is 10.5 Å². The number of nitrogens with two attached hydrogens (primary N) is 1. The number of benzene rings is 1. The Bertz CT molecular complexity index is 813. The van der Waals surface area contributed by atoms with E-state index in [-0.39, 0.29) is 5.97 Å². The minimum Gasteiger partial charge on any atom is -0.465 e. The van der Waals surface area contributed by atoms with Crippen LogP contribution in [0.5, 0.6) is 0 Å². The smallest absolute Gasteiger partial charge is 0.341 e. The van der Waals surface area contributed by atoms with E-state index in [1.165, 1.54) is 42.4 Å². The molecular formula is C21H28N2O2S. The molecule has 0 amide bonds. The van der Waals surface area contributed by atoms with Gasteiger partial charge in [-0.3, -0.25) is 4.90 Å². The highest BCUT2D eigenvalue weighted by atomic mass is 32.1. The molecule has 0 spiro atoms. The van der Waals surface area contributed by atoms with E-state index in [0.29, 0.717) is 16.5 Å². The zero-order chi connectivity index (χ0) is 18.8. The molecule has 0 radical (unpaired) electrons. The number of esters is 1. The van der Waals surface area contributed by atoms with Crippen molar-refractivity contribution in [2.75, 3.05) is 25.9 Å². The fraction of sp³-hybridized carbons (Fsp3) is 0.476. The second-order valence-electron chi connectivity index (χ2n) is 7.41. The van der Waals surface area contributed by atoms with Crippen molar-refractivity contribution in [2.45, 2.75) is 40.2 Å². The predicted octanol–water partition coefficient (Wildman–Crippen LogP) is 4.63. The summed E-state index contributed by atoms with van der Waals surface area (Å²) >= 11 is 1.52. The molecule has 1 aliphatic heterocycles. The van der Waals surface area contributed by atoms with Crippen LogP contribution >= 0.6 is 11.3 Å². The third kappa shape index (κ3) is 3.79. The van der Waals surface area contributed by atoms with Gasteiger partial charge in [0, 0.05) is 23.5 Å². The molecule has 26 heavy (non-hydrogen) atoms. The normalized spacial score (nSPS) is 18.1. The molecule has 4 nitrogen and oxygen atoms in total. The average Bonchev–Trinajstić information content (AvgIpc) is 2.92. The molecule has 1 unspecified atom stereocenters. The number of thiophene rings is 1. The number of hydrogen-bond donors (Lipinski definition) is 1. The summed E-state index contributed by atoms with van der Waals surface area (Å²) in [6.07, 6.45) is 2.52. The highest BCUT2D eigenvalue weighted by Gasteiger charge is 2.26. The van der Waals surface area contributed by atoms with E-state index >= 15 is 0 Å². The van der Waals surface area contributed by atoms with Crippen LogP contribution in [0.15, 0.2) is 18.2 Å². The number of rotatable bonds is 4. The fourth-order valence-corrected chi connectivity index (χ4v) is 4.87. The summed E-state index contributed by atoms with van der Waals surface area (Å²) in [5.41, 5.74) is 11.2. The number of nitrogen functional groups attached to an aromatic ring is 1. The number of likely N-dealkylation sites (tertiary alicyclic amines) is 1. The van der Waals surface area contributed by atoms with Crippen LogP contribution in [0.1, 0.15) is 46.1 Å². The van der Waals surface area contributed by atoms with Crippen molar-refractivity contribution < 1.29 is 9.53 Å². The molecule has 140 valence electrons. The SMILES string of the molecule is COC(=O)c1c(N)sc(CN2CCCC(C)C2)c1-c1ccc(C)c(C)c1. The van der Waals surface area contributed by atoms with Crippen LogP contribution in [0.25, 0.3) is 11.1 Å². The summed E-state index contributed by atoms with van der Waals surface area (Å²) in [6, 6.07) is 6.33. The van der Waals surface area contributed by atoms with Crippen molar-refractivity contribution in [3.63, 3.8) is 0 Å². The molecule has 0 aliphatic carbocycles. The van der Waals surface area contributed by atoms with Gasteiger partial charge in [-0.05, 0) is 55.8 Å². The van der Waals surface area contributed by atoms with Gasteiger partial charge < -0.3 is 10.5 Å². The van der Waals surface area contributed by atoms with Crippen molar-refractivity contribution >= 4 is 22.3 Å². The van der Waals surface area contributed by atoms with Crippen molar-refractivity contribution in [2.24, 2.45) is 5.92 Å². The van der Waals surface area contributed by atoms with E-state index < -0.39 is 0 Å². The number of carbonyl (C=O) groups is 1. The Kier molecular flexibility index (Phi) is 5.68. The van der Waals surface area contributed by atoms with Gasteiger partial charge in [-0.25, -0.2) is 4.79 Å². The molecule has 1 aliphatic rings. The lowest BCUT2D eigenvalue weighted by atomic mass is 9.96. The number of aryl methyl sites for hydroxylation is 2. The molecule has 2 heterocycles. The summed E-state index contributed by atoms with van der Waals surface area (Å²) in [4.78, 5) is 16.1. The number of nitrogens with zero attached hydrogens (tertiary/aromatic N) is 1. The number of piperidine rings is 1. The van der Waals surface area contributed by atoms with Crippen LogP contribution in [0, 0.1) is 19.8 Å². The van der Waals surface area contributed by atoms with Crippen LogP contribution in [0.2, 0.25) is 0 Å². The molecule has 2 aromatic rings. The third-order valence-corrected chi connectivity index (χ3v) is 6.31. The molecule has 1 aromatic heterocycles. The minimum absolute atomic E-state index is 0.356. The molecule has 1 atom stereocenters. The fourth-order valence-electron chi connectivity index (χ4n) is 3.75. The molecule has 1 saturated heterocycles. The zero-order valence-corrected chi connectivity index (χ0v) is 16.9. The summed E-state index contributed by atoms with van der Waals surface area (Å²) in [6.45, 7) is 9.52. The Balaban J connectivity index is 2.06. The van der Waals surface area contributed by atoms with Crippen molar-refractivity contribution in [1.29, 1.82) is 0 Å². The standard InChI is InChI=1S/C21H28N2O2S/c1-13-6-5-9-23(11-13)12-17-18(16-8-7-14(2)15(3)10-16)19(20(22)26-17)21(24)25-4/h7-8,10,13H,5-6,9,11-12,22H2,1-4H3. The first kappa shape index (κ1) is 18.9. The van der Waals surface area contributed by atoms with Gasteiger partial charge in [-0.1, -0.05) is 25.1 Å². The Morgan fingerprint density at radius 2 is 2.12 bits per heavy atom. The highest BCUT2D eigenvalue weighted by Crippen LogP contribution is 2.40. The van der Waals surface area contributed by atoms with Crippen LogP contribution in [0.4, 0.5) is 5.00 Å². The number of anilines is 1. The maximum Gasteiger partial charge on any atom is 0.341 e. The lowest BCUT2D eigenvalue weighted by molar-refractivity contribution is 0.0603. The van der Waals surface area contributed by atoms with E-state index in [1.807, 2.05) is 0 Å². The Hall–Kier alpha value is -1.85. The number of hydrogen-bond acceptors (Lipinski definition) is 5. The van der Waals surface area contributed by atoms with Crippen LogP contribution < -0.4 is 5.73 Å². The minimum atomic E-state index is -0.356. The first-order valence-electron chi connectivity index (χ1n) is 9.20. The van der Waals surface area contributed by atoms with Gasteiger partial charge in [0.15, 0.2) is 0 Å². The first-order chi connectivity index (χ1) is 12.4. The van der Waals surface area contributed by atoms with Crippen LogP contribution in [0.3, 0.4) is 0 Å². The number of ether oxygens (including phenoxy) is 1. The Morgan fingerprint density at radius 3 is 2.77 bits per heavy atom. The van der Waals surface area contributed by atoms with Gasteiger partial charge in [-0.15, -0.1) is 11.3 Å². The van der Waals surface area contributed by atoms with Crippen LogP contribution in [-0.4, -0.2) is 31.1 Å². The van der Waals surface area contributed by atoms with Crippen molar-refractivity contribution in [1.82, 2.24) is 4.90 Å². The average molecular weight is 373 g/mol. The molecule has 1 aromatic carbocycles. The number of carbonyl (C=O) groups excluding carboxylic acids is 1. The molecule has 2 N–H and O–H groups in total. The maximum absolute atomic E-state index is 12.4. The van der Waals surface area contributed by atoms with E-state index in [2.05, 4.69) is 43.9 Å². The zero-order valence-electron chi connectivity index (χ0n) is 16.1. The van der Waals surface area contributed by atoms with E-state index in [1.54, 1.807) is 0 Å². The van der Waals surface area contributed by atoms with Gasteiger partial charge in [0.2, 0.25) is 0 Å². The maximum atomic E-state index is 12.4. The Labute approximate surface area is 160 Å². The summed E-state index contributed by atoms with van der Waals surface area (Å²) < 4.78 is 5.03. The largest absolute Gasteiger partial charge is 0.465 e. The number of methoxy groups -OCH3 is 1. The third-order valence-electron chi connectivity index (χ3n) is 5.30. The van der Waals surface area contributed by atoms with Crippen LogP contribution in [-0.2, 0) is 11.3 Å². The molecule has 3 rings (SSSR count). The Morgan fingerprint density at radius 1 is 1.35 bits per heavy atom. The second kappa shape index (κ2) is 7.80. The second-order valence-corrected chi connectivity index (χ2v) is 8.55. The van der Waals surface area contributed by atoms with Crippen molar-refractivity contribution in [3.05, 3.63) is 39.8 Å². The van der Waals surface area contributed by atoms with E-state index in [9.17, 15) is 4.79 Å². The highest BCUT2D eigenvalue weighted by molar-refractivity contribution is 7.17. The quantitative estimate of drug-likeness (QED) is 0.795. The van der Waals surface area contributed by atoms with E-state index in [0.717, 1.165) is 35.6 Å².